The number of anilines is 1. The number of thioether (sulfide) groups is 1. The molecular weight excluding hydrogens is 294 g/mol. The van der Waals surface area contributed by atoms with Crippen molar-refractivity contribution in [3.8, 4) is 0 Å². The van der Waals surface area contributed by atoms with E-state index in [0.29, 0.717) is 11.4 Å². The molecule has 0 saturated carbocycles. The van der Waals surface area contributed by atoms with Gasteiger partial charge in [-0.3, -0.25) is 4.79 Å². The van der Waals surface area contributed by atoms with Gasteiger partial charge in [-0.25, -0.2) is 4.79 Å². The highest BCUT2D eigenvalue weighted by atomic mass is 79.9. The molecule has 4 nitrogen and oxygen atoms in total. The number of hydrogen-bond donors (Lipinski definition) is 2. The number of nitrogens with one attached hydrogen (secondary N) is 1. The predicted molar refractivity (Wildman–Crippen MR) is 68.1 cm³/mol. The summed E-state index contributed by atoms with van der Waals surface area (Å²) in [6, 6.07) is 4.64. The molecule has 1 aromatic carbocycles. The third-order valence-corrected chi connectivity index (χ3v) is 2.81. The molecule has 0 unspecified atom stereocenters. The van der Waals surface area contributed by atoms with E-state index in [-0.39, 0.29) is 11.5 Å². The van der Waals surface area contributed by atoms with Crippen LogP contribution in [0, 0.1) is 0 Å². The van der Waals surface area contributed by atoms with Gasteiger partial charge < -0.3 is 10.4 Å². The van der Waals surface area contributed by atoms with E-state index >= 15 is 0 Å². The van der Waals surface area contributed by atoms with Gasteiger partial charge in [-0.1, -0.05) is 15.9 Å². The summed E-state index contributed by atoms with van der Waals surface area (Å²) in [5, 5.41) is 11.5. The molecule has 0 aromatic heterocycles. The zero-order valence-electron chi connectivity index (χ0n) is 8.49. The molecule has 6 heteroatoms. The minimum Gasteiger partial charge on any atom is -0.478 e. The van der Waals surface area contributed by atoms with Gasteiger partial charge in [0, 0.05) is 4.47 Å². The molecule has 0 radical (unpaired) electrons. The van der Waals surface area contributed by atoms with E-state index in [1.54, 1.807) is 18.4 Å². The lowest BCUT2D eigenvalue weighted by Gasteiger charge is -2.08. The maximum Gasteiger partial charge on any atom is 0.337 e. The molecule has 1 aromatic rings. The second kappa shape index (κ2) is 5.91. The molecule has 2 N–H and O–H groups in total. The minimum atomic E-state index is -1.06. The van der Waals surface area contributed by atoms with Crippen LogP contribution in [-0.2, 0) is 4.79 Å². The Bertz CT molecular complexity index is 423. The predicted octanol–water partition coefficient (Wildman–Crippen LogP) is 2.45. The van der Waals surface area contributed by atoms with Gasteiger partial charge in [-0.2, -0.15) is 11.8 Å². The van der Waals surface area contributed by atoms with E-state index in [1.807, 2.05) is 0 Å². The molecule has 0 heterocycles. The fourth-order valence-corrected chi connectivity index (χ4v) is 1.82. The molecular formula is C10H10BrNO3S. The van der Waals surface area contributed by atoms with Crippen LogP contribution in [0.4, 0.5) is 5.69 Å². The molecule has 0 aliphatic carbocycles. The Balaban J connectivity index is 2.96. The molecule has 0 aliphatic rings. The largest absolute Gasteiger partial charge is 0.478 e. The Labute approximate surface area is 106 Å². The van der Waals surface area contributed by atoms with E-state index < -0.39 is 5.97 Å². The molecule has 0 saturated heterocycles. The maximum atomic E-state index is 11.4. The van der Waals surface area contributed by atoms with Gasteiger partial charge in [-0.15, -0.1) is 0 Å². The molecule has 0 fully saturated rings. The van der Waals surface area contributed by atoms with Crippen molar-refractivity contribution in [2.45, 2.75) is 0 Å². The van der Waals surface area contributed by atoms with Crippen molar-refractivity contribution in [3.05, 3.63) is 28.2 Å². The maximum absolute atomic E-state index is 11.4. The number of carboxylic acids is 1. The molecule has 1 amide bonds. The lowest BCUT2D eigenvalue weighted by molar-refractivity contribution is -0.113. The Morgan fingerprint density at radius 1 is 1.50 bits per heavy atom. The van der Waals surface area contributed by atoms with E-state index in [9.17, 15) is 9.59 Å². The van der Waals surface area contributed by atoms with Gasteiger partial charge in [0.1, 0.15) is 0 Å². The SMILES string of the molecule is CSCC(=O)Nc1cc(Br)ccc1C(=O)O. The smallest absolute Gasteiger partial charge is 0.337 e. The summed E-state index contributed by atoms with van der Waals surface area (Å²) in [5.41, 5.74) is 0.388. The van der Waals surface area contributed by atoms with E-state index in [4.69, 9.17) is 5.11 Å². The Hall–Kier alpha value is -1.01. The number of carboxylic acid groups (broad SMARTS) is 1. The highest BCUT2D eigenvalue weighted by molar-refractivity contribution is 9.10. The van der Waals surface area contributed by atoms with Crippen molar-refractivity contribution in [2.75, 3.05) is 17.3 Å². The number of benzene rings is 1. The second-order valence-electron chi connectivity index (χ2n) is 2.98. The van der Waals surface area contributed by atoms with Crippen LogP contribution in [0.15, 0.2) is 22.7 Å². The van der Waals surface area contributed by atoms with E-state index in [0.717, 1.165) is 4.47 Å². The summed E-state index contributed by atoms with van der Waals surface area (Å²) >= 11 is 4.60. The minimum absolute atomic E-state index is 0.0812. The molecule has 0 atom stereocenters. The number of rotatable bonds is 4. The molecule has 0 spiro atoms. The zero-order chi connectivity index (χ0) is 12.1. The van der Waals surface area contributed by atoms with Crippen molar-refractivity contribution in [1.82, 2.24) is 0 Å². The number of carbonyl (C=O) groups is 2. The van der Waals surface area contributed by atoms with Crippen molar-refractivity contribution in [3.63, 3.8) is 0 Å². The Kier molecular flexibility index (Phi) is 4.82. The first-order chi connectivity index (χ1) is 7.54. The van der Waals surface area contributed by atoms with Crippen molar-refractivity contribution in [1.29, 1.82) is 0 Å². The third kappa shape index (κ3) is 3.53. The van der Waals surface area contributed by atoms with Gasteiger partial charge in [0.05, 0.1) is 17.0 Å². The first-order valence-electron chi connectivity index (χ1n) is 4.36. The van der Waals surface area contributed by atoms with E-state index in [1.165, 1.54) is 17.8 Å². The van der Waals surface area contributed by atoms with Crippen LogP contribution in [-0.4, -0.2) is 29.0 Å². The topological polar surface area (TPSA) is 66.4 Å². The molecule has 1 rings (SSSR count). The molecule has 0 bridgehead atoms. The van der Waals surface area contributed by atoms with Gasteiger partial charge >= 0.3 is 5.97 Å². The van der Waals surface area contributed by atoms with Crippen molar-refractivity contribution >= 4 is 45.3 Å². The monoisotopic (exact) mass is 303 g/mol. The van der Waals surface area contributed by atoms with E-state index in [2.05, 4.69) is 21.2 Å². The van der Waals surface area contributed by atoms with Crippen molar-refractivity contribution < 1.29 is 14.7 Å². The van der Waals surface area contributed by atoms with Crippen LogP contribution >= 0.6 is 27.7 Å². The van der Waals surface area contributed by atoms with Crippen LogP contribution in [0.3, 0.4) is 0 Å². The molecule has 86 valence electrons. The Morgan fingerprint density at radius 3 is 2.75 bits per heavy atom. The Morgan fingerprint density at radius 2 is 2.19 bits per heavy atom. The van der Waals surface area contributed by atoms with Gasteiger partial charge in [-0.05, 0) is 24.5 Å². The number of amides is 1. The summed E-state index contributed by atoms with van der Waals surface area (Å²) in [4.78, 5) is 22.3. The summed E-state index contributed by atoms with van der Waals surface area (Å²) in [6.07, 6.45) is 1.80. The van der Waals surface area contributed by atoms with Gasteiger partial charge in [0.25, 0.3) is 0 Å². The summed E-state index contributed by atoms with van der Waals surface area (Å²) in [7, 11) is 0. The van der Waals surface area contributed by atoms with Crippen LogP contribution < -0.4 is 5.32 Å². The number of halogens is 1. The fraction of sp³-hybridized carbons (Fsp3) is 0.200. The summed E-state index contributed by atoms with van der Waals surface area (Å²) < 4.78 is 0.719. The van der Waals surface area contributed by atoms with Crippen molar-refractivity contribution in [2.24, 2.45) is 0 Å². The van der Waals surface area contributed by atoms with Crippen LogP contribution in [0.1, 0.15) is 10.4 Å². The number of hydrogen-bond acceptors (Lipinski definition) is 3. The van der Waals surface area contributed by atoms with Crippen LogP contribution in [0.5, 0.6) is 0 Å². The zero-order valence-corrected chi connectivity index (χ0v) is 10.9. The van der Waals surface area contributed by atoms with Gasteiger partial charge in [0.15, 0.2) is 0 Å². The molecule has 0 aliphatic heterocycles. The average Bonchev–Trinajstić information content (AvgIpc) is 2.17. The fourth-order valence-electron chi connectivity index (χ4n) is 1.12. The van der Waals surface area contributed by atoms with Crippen LogP contribution in [0.2, 0.25) is 0 Å². The second-order valence-corrected chi connectivity index (χ2v) is 4.76. The van der Waals surface area contributed by atoms with Crippen LogP contribution in [0.25, 0.3) is 0 Å². The number of aromatic carboxylic acids is 1. The quantitative estimate of drug-likeness (QED) is 0.896. The third-order valence-electron chi connectivity index (χ3n) is 1.76. The lowest BCUT2D eigenvalue weighted by atomic mass is 10.2. The first-order valence-corrected chi connectivity index (χ1v) is 6.55. The summed E-state index contributed by atoms with van der Waals surface area (Å²) in [6.45, 7) is 0. The highest BCUT2D eigenvalue weighted by Crippen LogP contribution is 2.21. The lowest BCUT2D eigenvalue weighted by Crippen LogP contribution is -2.16. The van der Waals surface area contributed by atoms with Gasteiger partial charge in [0.2, 0.25) is 5.91 Å². The average molecular weight is 304 g/mol. The summed E-state index contributed by atoms with van der Waals surface area (Å²) in [5.74, 6) is -0.981. The standard InChI is InChI=1S/C10H10BrNO3S/c1-16-5-9(13)12-8-4-6(11)2-3-7(8)10(14)15/h2-4H,5H2,1H3,(H,12,13)(H,14,15). The normalized spacial score (nSPS) is 9.88. The number of carbonyl (C=O) groups excluding carboxylic acids is 1. The first kappa shape index (κ1) is 13.1. The molecule has 16 heavy (non-hydrogen) atoms. The highest BCUT2D eigenvalue weighted by Gasteiger charge is 2.12.